The Balaban J connectivity index is 1.47. The first kappa shape index (κ1) is 23.4. The molecule has 0 saturated carbocycles. The number of para-hydroxylation sites is 1. The second kappa shape index (κ2) is 9.72. The molecule has 0 N–H and O–H groups in total. The second-order valence-electron chi connectivity index (χ2n) is 9.07. The summed E-state index contributed by atoms with van der Waals surface area (Å²) in [4.78, 5) is 3.55. The summed E-state index contributed by atoms with van der Waals surface area (Å²) in [6, 6.07) is 16.3. The van der Waals surface area contributed by atoms with Gasteiger partial charge < -0.3 is 4.90 Å². The van der Waals surface area contributed by atoms with Crippen molar-refractivity contribution in [2.24, 2.45) is 0 Å². The molecular weight excluding hydrogens is 462 g/mol. The Morgan fingerprint density at radius 1 is 1.06 bits per heavy atom. The number of nitrogens with zero attached hydrogens (tertiary/aromatic N) is 3. The molecule has 0 radical (unpaired) electrons. The number of anilines is 1. The summed E-state index contributed by atoms with van der Waals surface area (Å²) < 4.78 is 30.3. The molecule has 5 nitrogen and oxygen atoms in total. The van der Waals surface area contributed by atoms with Gasteiger partial charge in [0.2, 0.25) is 15.5 Å². The number of benzene rings is 2. The Morgan fingerprint density at radius 2 is 1.85 bits per heavy atom. The summed E-state index contributed by atoms with van der Waals surface area (Å²) in [6.07, 6.45) is 9.72. The second-order valence-corrected chi connectivity index (χ2v) is 12.1. The molecule has 34 heavy (non-hydrogen) atoms. The lowest BCUT2D eigenvalue weighted by molar-refractivity contribution is -0.671. The lowest BCUT2D eigenvalue weighted by Gasteiger charge is -2.26. The quantitative estimate of drug-likeness (QED) is 0.416. The van der Waals surface area contributed by atoms with Gasteiger partial charge in [0.1, 0.15) is 6.54 Å². The van der Waals surface area contributed by atoms with Gasteiger partial charge >= 0.3 is 0 Å². The highest BCUT2D eigenvalue weighted by atomic mass is 32.2. The standard InChI is InChI=1S/C27H32N3O2S2/c1-3-4-15-29-18-14-21(23-10-6-7-11-24(23)29)19-27-28(2)25-13-12-22(20-26(25)33-27)34(31,32)30-16-8-5-9-17-30/h6-7,10-14,18-20H,3-5,8-9,15-17H2,1-2H3/q+1. The van der Waals surface area contributed by atoms with Gasteiger partial charge in [-0.05, 0) is 48.7 Å². The predicted molar refractivity (Wildman–Crippen MR) is 140 cm³/mol. The Hall–Kier alpha value is -2.35. The van der Waals surface area contributed by atoms with Crippen molar-refractivity contribution in [2.75, 3.05) is 25.0 Å². The highest BCUT2D eigenvalue weighted by Crippen LogP contribution is 2.47. The minimum absolute atomic E-state index is 0.400. The fourth-order valence-corrected chi connectivity index (χ4v) is 7.55. The number of thioether (sulfide) groups is 1. The van der Waals surface area contributed by atoms with Crippen molar-refractivity contribution in [3.8, 4) is 0 Å². The first-order chi connectivity index (χ1) is 16.5. The molecule has 0 atom stereocenters. The SMILES string of the molecule is CCCC[n+]1ccc(/C=C2\Sc3cc(S(=O)(=O)N4CCCCC4)ccc3N2C)c2ccccc21. The van der Waals surface area contributed by atoms with Crippen LogP contribution >= 0.6 is 11.8 Å². The normalized spacial score (nSPS) is 18.1. The van der Waals surface area contributed by atoms with E-state index in [4.69, 9.17) is 0 Å². The number of hydrogen-bond donors (Lipinski definition) is 0. The molecule has 1 aromatic heterocycles. The zero-order valence-corrected chi connectivity index (χ0v) is 21.5. The maximum absolute atomic E-state index is 13.2. The van der Waals surface area contributed by atoms with Crippen LogP contribution in [0, 0.1) is 0 Å². The van der Waals surface area contributed by atoms with Crippen LogP contribution in [0.1, 0.15) is 44.6 Å². The molecule has 1 fully saturated rings. The average Bonchev–Trinajstić information content (AvgIpc) is 3.18. The van der Waals surface area contributed by atoms with Crippen molar-refractivity contribution in [3.63, 3.8) is 0 Å². The van der Waals surface area contributed by atoms with E-state index in [0.29, 0.717) is 18.0 Å². The fourth-order valence-electron chi connectivity index (χ4n) is 4.79. The van der Waals surface area contributed by atoms with Crippen molar-refractivity contribution in [3.05, 3.63) is 65.3 Å². The topological polar surface area (TPSA) is 44.5 Å². The molecule has 2 aliphatic rings. The minimum atomic E-state index is -3.44. The summed E-state index contributed by atoms with van der Waals surface area (Å²) in [6.45, 7) is 4.48. The van der Waals surface area contributed by atoms with E-state index in [-0.39, 0.29) is 0 Å². The van der Waals surface area contributed by atoms with Crippen molar-refractivity contribution in [2.45, 2.75) is 55.4 Å². The molecule has 178 valence electrons. The molecule has 0 bridgehead atoms. The summed E-state index contributed by atoms with van der Waals surface area (Å²) in [5, 5.41) is 2.32. The minimum Gasteiger partial charge on any atom is -0.338 e. The Morgan fingerprint density at radius 3 is 2.65 bits per heavy atom. The van der Waals surface area contributed by atoms with E-state index in [1.54, 1.807) is 22.1 Å². The number of pyridine rings is 1. The summed E-state index contributed by atoms with van der Waals surface area (Å²) in [5.74, 6) is 0. The molecule has 2 aromatic carbocycles. The molecule has 0 unspecified atom stereocenters. The third kappa shape index (κ3) is 4.37. The highest BCUT2D eigenvalue weighted by molar-refractivity contribution is 8.04. The number of rotatable bonds is 6. The summed E-state index contributed by atoms with van der Waals surface area (Å²) in [7, 11) is -1.39. The van der Waals surface area contributed by atoms with Crippen LogP contribution in [0.4, 0.5) is 5.69 Å². The van der Waals surface area contributed by atoms with Crippen molar-refractivity contribution in [1.82, 2.24) is 4.31 Å². The van der Waals surface area contributed by atoms with E-state index < -0.39 is 10.0 Å². The molecule has 5 rings (SSSR count). The maximum Gasteiger partial charge on any atom is 0.243 e. The fraction of sp³-hybridized carbons (Fsp3) is 0.370. The molecule has 3 aromatic rings. The number of sulfonamides is 1. The van der Waals surface area contributed by atoms with Crippen LogP contribution < -0.4 is 9.47 Å². The van der Waals surface area contributed by atoms with Crippen LogP contribution in [0.25, 0.3) is 17.0 Å². The molecule has 0 spiro atoms. The third-order valence-electron chi connectivity index (χ3n) is 6.78. The van der Waals surface area contributed by atoms with E-state index in [1.165, 1.54) is 22.9 Å². The van der Waals surface area contributed by atoms with Crippen LogP contribution in [0.5, 0.6) is 0 Å². The zero-order chi connectivity index (χ0) is 23.7. The van der Waals surface area contributed by atoms with Gasteiger partial charge in [0.25, 0.3) is 0 Å². The molecule has 0 amide bonds. The number of aryl methyl sites for hydroxylation is 1. The molecule has 7 heteroatoms. The van der Waals surface area contributed by atoms with Gasteiger partial charge in [-0.1, -0.05) is 43.7 Å². The lowest BCUT2D eigenvalue weighted by atomic mass is 10.1. The third-order valence-corrected chi connectivity index (χ3v) is 9.82. The molecule has 1 saturated heterocycles. The van der Waals surface area contributed by atoms with Gasteiger partial charge in [0, 0.05) is 43.6 Å². The first-order valence-corrected chi connectivity index (χ1v) is 14.4. The zero-order valence-electron chi connectivity index (χ0n) is 19.9. The number of piperidine rings is 1. The Labute approximate surface area is 207 Å². The van der Waals surface area contributed by atoms with Gasteiger partial charge in [-0.25, -0.2) is 8.42 Å². The van der Waals surface area contributed by atoms with Crippen molar-refractivity contribution >= 4 is 44.5 Å². The van der Waals surface area contributed by atoms with Gasteiger partial charge in [-0.3, -0.25) is 0 Å². The Kier molecular flexibility index (Phi) is 6.69. The van der Waals surface area contributed by atoms with Crippen LogP contribution in [0.15, 0.2) is 69.5 Å². The van der Waals surface area contributed by atoms with Crippen LogP contribution in [-0.2, 0) is 16.6 Å². The van der Waals surface area contributed by atoms with Crippen LogP contribution in [0.3, 0.4) is 0 Å². The number of fused-ring (bicyclic) bond motifs is 2. The van der Waals surface area contributed by atoms with Gasteiger partial charge in [-0.15, -0.1) is 0 Å². The highest BCUT2D eigenvalue weighted by Gasteiger charge is 2.29. The first-order valence-electron chi connectivity index (χ1n) is 12.2. The number of hydrogen-bond acceptors (Lipinski definition) is 4. The maximum atomic E-state index is 13.2. The Bertz CT molecular complexity index is 1350. The van der Waals surface area contributed by atoms with E-state index in [0.717, 1.165) is 47.8 Å². The van der Waals surface area contributed by atoms with Crippen LogP contribution in [-0.4, -0.2) is 32.9 Å². The molecular formula is C27H32N3O2S2+. The van der Waals surface area contributed by atoms with Crippen LogP contribution in [0.2, 0.25) is 0 Å². The smallest absolute Gasteiger partial charge is 0.243 e. The molecule has 2 aliphatic heterocycles. The monoisotopic (exact) mass is 494 g/mol. The predicted octanol–water partition coefficient (Wildman–Crippen LogP) is 5.64. The van der Waals surface area contributed by atoms with Crippen molar-refractivity contribution in [1.29, 1.82) is 0 Å². The van der Waals surface area contributed by atoms with Gasteiger partial charge in [-0.2, -0.15) is 8.87 Å². The van der Waals surface area contributed by atoms with Gasteiger partial charge in [0.05, 0.1) is 21.0 Å². The van der Waals surface area contributed by atoms with E-state index in [1.807, 2.05) is 12.1 Å². The lowest BCUT2D eigenvalue weighted by Crippen LogP contribution is -2.35. The van der Waals surface area contributed by atoms with E-state index in [9.17, 15) is 8.42 Å². The molecule has 3 heterocycles. The summed E-state index contributed by atoms with van der Waals surface area (Å²) >= 11 is 1.64. The van der Waals surface area contributed by atoms with E-state index >= 15 is 0 Å². The van der Waals surface area contributed by atoms with E-state index in [2.05, 4.69) is 66.0 Å². The average molecular weight is 495 g/mol. The number of aromatic nitrogens is 1. The van der Waals surface area contributed by atoms with Crippen molar-refractivity contribution < 1.29 is 13.0 Å². The molecule has 0 aliphatic carbocycles. The summed E-state index contributed by atoms with van der Waals surface area (Å²) in [5.41, 5.74) is 3.46. The number of unbranched alkanes of at least 4 members (excludes halogenated alkanes) is 1. The largest absolute Gasteiger partial charge is 0.338 e. The van der Waals surface area contributed by atoms with Gasteiger partial charge in [0.15, 0.2) is 6.20 Å².